The normalized spacial score (nSPS) is 34.5. The molecule has 1 aliphatic carbocycles. The van der Waals surface area contributed by atoms with Crippen LogP contribution < -0.4 is 0 Å². The average molecular weight is 348 g/mol. The second-order valence-electron chi connectivity index (χ2n) is 7.05. The highest BCUT2D eigenvalue weighted by molar-refractivity contribution is 5.84. The van der Waals surface area contributed by atoms with E-state index in [9.17, 15) is 22.8 Å². The molecule has 2 saturated heterocycles. The number of piperidine rings is 1. The Balaban J connectivity index is 1.78. The summed E-state index contributed by atoms with van der Waals surface area (Å²) in [5.74, 6) is -0.388. The number of carbonyl (C=O) groups is 2. The van der Waals surface area contributed by atoms with Gasteiger partial charge in [0.2, 0.25) is 5.91 Å². The lowest BCUT2D eigenvalue weighted by Gasteiger charge is -2.39. The molecule has 0 unspecified atom stereocenters. The van der Waals surface area contributed by atoms with Gasteiger partial charge in [0.1, 0.15) is 12.6 Å². The molecule has 0 aromatic heterocycles. The second-order valence-corrected chi connectivity index (χ2v) is 7.05. The number of rotatable bonds is 3. The number of nitrogens with zero attached hydrogens (tertiary/aromatic N) is 2. The Bertz CT molecular complexity index is 511. The Labute approximate surface area is 139 Å². The number of esters is 1. The first kappa shape index (κ1) is 17.5. The molecule has 1 amide bonds. The molecule has 8 heteroatoms. The number of hydrogen-bond acceptors (Lipinski definition) is 4. The van der Waals surface area contributed by atoms with Gasteiger partial charge in [-0.2, -0.15) is 13.2 Å². The summed E-state index contributed by atoms with van der Waals surface area (Å²) < 4.78 is 43.0. The van der Waals surface area contributed by atoms with E-state index < -0.39 is 30.7 Å². The Hall–Kier alpha value is -1.31. The molecular formula is C16H23F3N2O3. The molecule has 0 radical (unpaired) electrons. The summed E-state index contributed by atoms with van der Waals surface area (Å²) in [5, 5.41) is 0. The van der Waals surface area contributed by atoms with Gasteiger partial charge in [0.05, 0.1) is 13.2 Å². The summed E-state index contributed by atoms with van der Waals surface area (Å²) in [6.07, 6.45) is -0.418. The van der Waals surface area contributed by atoms with Crippen LogP contribution in [0.4, 0.5) is 13.2 Å². The van der Waals surface area contributed by atoms with E-state index in [2.05, 4.69) is 0 Å². The molecule has 0 spiro atoms. The summed E-state index contributed by atoms with van der Waals surface area (Å²) in [6.45, 7) is -0.495. The molecule has 5 nitrogen and oxygen atoms in total. The van der Waals surface area contributed by atoms with Crippen molar-refractivity contribution in [3.63, 3.8) is 0 Å². The zero-order chi connectivity index (χ0) is 17.5. The highest BCUT2D eigenvalue weighted by Gasteiger charge is 2.52. The predicted octanol–water partition coefficient (Wildman–Crippen LogP) is 1.81. The quantitative estimate of drug-likeness (QED) is 0.730. The predicted molar refractivity (Wildman–Crippen MR) is 79.0 cm³/mol. The van der Waals surface area contributed by atoms with Crippen LogP contribution in [0.5, 0.6) is 0 Å². The van der Waals surface area contributed by atoms with Crippen LogP contribution in [0.25, 0.3) is 0 Å². The molecule has 3 rings (SSSR count). The van der Waals surface area contributed by atoms with Crippen molar-refractivity contribution in [1.29, 1.82) is 0 Å². The average Bonchev–Trinajstić information content (AvgIpc) is 3.07. The Morgan fingerprint density at radius 2 is 2.00 bits per heavy atom. The zero-order valence-electron chi connectivity index (χ0n) is 13.7. The minimum absolute atomic E-state index is 0.123. The maximum atomic E-state index is 12.7. The lowest BCUT2D eigenvalue weighted by Crippen LogP contribution is -2.57. The van der Waals surface area contributed by atoms with E-state index >= 15 is 0 Å². The molecule has 3 fully saturated rings. The molecule has 136 valence electrons. The SMILES string of the molecule is COC(=O)[C@@H]1[C@@H]2CCC[C@@H]2CN1[C@H]1CCCN(CC(F)(F)F)C1=O. The minimum Gasteiger partial charge on any atom is -0.468 e. The van der Waals surface area contributed by atoms with Crippen LogP contribution in [0.15, 0.2) is 0 Å². The molecule has 2 aliphatic heterocycles. The van der Waals surface area contributed by atoms with E-state index in [1.54, 1.807) is 0 Å². The maximum Gasteiger partial charge on any atom is 0.406 e. The minimum atomic E-state index is -4.40. The number of halogens is 3. The second kappa shape index (κ2) is 6.54. The highest BCUT2D eigenvalue weighted by Crippen LogP contribution is 2.44. The van der Waals surface area contributed by atoms with Gasteiger partial charge in [-0.15, -0.1) is 0 Å². The molecule has 1 saturated carbocycles. The topological polar surface area (TPSA) is 49.9 Å². The summed E-state index contributed by atoms with van der Waals surface area (Å²) in [7, 11) is 1.32. The number of methoxy groups -OCH3 is 1. The van der Waals surface area contributed by atoms with Crippen molar-refractivity contribution in [3.8, 4) is 0 Å². The molecule has 2 heterocycles. The number of amides is 1. The van der Waals surface area contributed by atoms with E-state index in [1.807, 2.05) is 4.90 Å². The lowest BCUT2D eigenvalue weighted by atomic mass is 9.93. The fourth-order valence-corrected chi connectivity index (χ4v) is 4.69. The van der Waals surface area contributed by atoms with Gasteiger partial charge in [-0.05, 0) is 37.5 Å². The van der Waals surface area contributed by atoms with Crippen LogP contribution in [-0.2, 0) is 14.3 Å². The first-order valence-electron chi connectivity index (χ1n) is 8.51. The van der Waals surface area contributed by atoms with E-state index in [-0.39, 0.29) is 18.4 Å². The lowest BCUT2D eigenvalue weighted by molar-refractivity contribution is -0.169. The van der Waals surface area contributed by atoms with Crippen LogP contribution >= 0.6 is 0 Å². The van der Waals surface area contributed by atoms with E-state index in [0.29, 0.717) is 25.3 Å². The molecule has 0 aromatic carbocycles. The molecule has 0 bridgehead atoms. The summed E-state index contributed by atoms with van der Waals surface area (Å²) in [5.41, 5.74) is 0. The number of likely N-dealkylation sites (tertiary alicyclic amines) is 2. The van der Waals surface area contributed by atoms with Gasteiger partial charge in [-0.3, -0.25) is 14.5 Å². The number of alkyl halides is 3. The summed E-state index contributed by atoms with van der Waals surface area (Å²) in [4.78, 5) is 27.6. The number of carbonyl (C=O) groups excluding carboxylic acids is 2. The highest BCUT2D eigenvalue weighted by atomic mass is 19.4. The third kappa shape index (κ3) is 3.25. The van der Waals surface area contributed by atoms with Crippen LogP contribution in [0.2, 0.25) is 0 Å². The summed E-state index contributed by atoms with van der Waals surface area (Å²) >= 11 is 0. The smallest absolute Gasteiger partial charge is 0.406 e. The van der Waals surface area contributed by atoms with E-state index in [0.717, 1.165) is 24.2 Å². The molecule has 0 aromatic rings. The third-order valence-electron chi connectivity index (χ3n) is 5.64. The largest absolute Gasteiger partial charge is 0.468 e. The van der Waals surface area contributed by atoms with E-state index in [1.165, 1.54) is 7.11 Å². The molecular weight excluding hydrogens is 325 g/mol. The van der Waals surface area contributed by atoms with Gasteiger partial charge in [0.15, 0.2) is 0 Å². The van der Waals surface area contributed by atoms with Crippen LogP contribution in [0.3, 0.4) is 0 Å². The number of hydrogen-bond donors (Lipinski definition) is 0. The maximum absolute atomic E-state index is 12.7. The van der Waals surface area contributed by atoms with Crippen molar-refractivity contribution >= 4 is 11.9 Å². The fraction of sp³-hybridized carbons (Fsp3) is 0.875. The van der Waals surface area contributed by atoms with Crippen molar-refractivity contribution < 1.29 is 27.5 Å². The van der Waals surface area contributed by atoms with Crippen LogP contribution in [0.1, 0.15) is 32.1 Å². The van der Waals surface area contributed by atoms with Crippen LogP contribution in [0, 0.1) is 11.8 Å². The molecule has 24 heavy (non-hydrogen) atoms. The van der Waals surface area contributed by atoms with Crippen molar-refractivity contribution in [2.24, 2.45) is 11.8 Å². The molecule has 4 atom stereocenters. The first-order chi connectivity index (χ1) is 11.3. The standard InChI is InChI=1S/C16H23F3N2O3/c1-24-15(23)13-11-5-2-4-10(11)8-21(13)12-6-3-7-20(14(12)22)9-16(17,18)19/h10-13H,2-9H2,1H3/t10-,11-,12+,13+/m1/s1. The molecule has 3 aliphatic rings. The van der Waals surface area contributed by atoms with Gasteiger partial charge in [0.25, 0.3) is 0 Å². The van der Waals surface area contributed by atoms with Crippen molar-refractivity contribution in [3.05, 3.63) is 0 Å². The van der Waals surface area contributed by atoms with Crippen molar-refractivity contribution in [2.75, 3.05) is 26.7 Å². The Morgan fingerprint density at radius 3 is 2.67 bits per heavy atom. The van der Waals surface area contributed by atoms with Crippen LogP contribution in [-0.4, -0.2) is 66.7 Å². The Morgan fingerprint density at radius 1 is 1.25 bits per heavy atom. The number of ether oxygens (including phenoxy) is 1. The molecule has 0 N–H and O–H groups in total. The fourth-order valence-electron chi connectivity index (χ4n) is 4.69. The monoisotopic (exact) mass is 348 g/mol. The summed E-state index contributed by atoms with van der Waals surface area (Å²) in [6, 6.07) is -1.14. The van der Waals surface area contributed by atoms with Crippen molar-refractivity contribution in [1.82, 2.24) is 9.80 Å². The van der Waals surface area contributed by atoms with Gasteiger partial charge in [0, 0.05) is 13.1 Å². The van der Waals surface area contributed by atoms with Gasteiger partial charge in [-0.1, -0.05) is 6.42 Å². The number of fused-ring (bicyclic) bond motifs is 1. The van der Waals surface area contributed by atoms with Crippen molar-refractivity contribution in [2.45, 2.75) is 50.4 Å². The zero-order valence-corrected chi connectivity index (χ0v) is 13.7. The Kier molecular flexibility index (Phi) is 4.77. The van der Waals surface area contributed by atoms with Gasteiger partial charge >= 0.3 is 12.1 Å². The van der Waals surface area contributed by atoms with Gasteiger partial charge < -0.3 is 9.64 Å². The van der Waals surface area contributed by atoms with E-state index in [4.69, 9.17) is 4.74 Å². The first-order valence-corrected chi connectivity index (χ1v) is 8.51. The third-order valence-corrected chi connectivity index (χ3v) is 5.64. The van der Waals surface area contributed by atoms with Gasteiger partial charge in [-0.25, -0.2) is 0 Å².